The molecule has 13 nitrogen and oxygen atoms in total. The number of anilines is 2. The molecule has 2 aliphatic rings. The number of carbonyl (C=O) groups is 2. The summed E-state index contributed by atoms with van der Waals surface area (Å²) in [6.45, 7) is 5.05. The van der Waals surface area contributed by atoms with Crippen LogP contribution >= 0.6 is 11.6 Å². The molecule has 0 unspecified atom stereocenters. The summed E-state index contributed by atoms with van der Waals surface area (Å²) in [4.78, 5) is 57.8. The summed E-state index contributed by atoms with van der Waals surface area (Å²) in [6, 6.07) is 2.56. The maximum absolute atomic E-state index is 14.5. The van der Waals surface area contributed by atoms with Gasteiger partial charge < -0.3 is 25.6 Å². The van der Waals surface area contributed by atoms with Crippen LogP contribution in [0.25, 0.3) is 5.57 Å². The molecule has 270 valence electrons. The van der Waals surface area contributed by atoms with Crippen molar-refractivity contribution < 1.29 is 27.5 Å². The number of nitrogens with one attached hydrogen (secondary N) is 2. The van der Waals surface area contributed by atoms with Crippen LogP contribution in [0.4, 0.5) is 24.5 Å². The van der Waals surface area contributed by atoms with E-state index in [4.69, 9.17) is 22.1 Å². The topological polar surface area (TPSA) is 164 Å². The van der Waals surface area contributed by atoms with E-state index in [2.05, 4.69) is 25.4 Å². The number of hydrogen-bond donors (Lipinski definition) is 3. The molecule has 1 saturated heterocycles. The molecule has 0 saturated carbocycles. The number of rotatable bonds is 10. The van der Waals surface area contributed by atoms with Gasteiger partial charge >= 0.3 is 6.18 Å². The number of ether oxygens (including phenoxy) is 1. The van der Waals surface area contributed by atoms with E-state index in [0.717, 1.165) is 28.8 Å². The van der Waals surface area contributed by atoms with Gasteiger partial charge in [-0.3, -0.25) is 24.5 Å². The molecule has 17 heteroatoms. The van der Waals surface area contributed by atoms with Crippen molar-refractivity contribution in [1.29, 1.82) is 0 Å². The van der Waals surface area contributed by atoms with E-state index >= 15 is 0 Å². The molecule has 4 rings (SSSR count). The van der Waals surface area contributed by atoms with Gasteiger partial charge in [0, 0.05) is 45.1 Å². The molecule has 4 N–H and O–H groups in total. The van der Waals surface area contributed by atoms with Gasteiger partial charge in [0.25, 0.3) is 11.5 Å². The van der Waals surface area contributed by atoms with E-state index in [1.54, 1.807) is 18.0 Å². The molecule has 0 spiro atoms. The number of aromatic nitrogens is 4. The Hall–Kier alpha value is -4.70. The number of benzene rings is 1. The lowest BCUT2D eigenvalue weighted by Crippen LogP contribution is -2.51. The summed E-state index contributed by atoms with van der Waals surface area (Å²) >= 11 is 6.09. The van der Waals surface area contributed by atoms with Gasteiger partial charge in [-0.2, -0.15) is 13.2 Å². The first kappa shape index (κ1) is 38.1. The average Bonchev–Trinajstić information content (AvgIpc) is 3.15. The summed E-state index contributed by atoms with van der Waals surface area (Å²) in [5.74, 6) is -0.712. The minimum Gasteiger partial charge on any atom is -0.401 e. The predicted octanol–water partition coefficient (Wildman–Crippen LogP) is 4.13. The highest BCUT2D eigenvalue weighted by molar-refractivity contribution is 6.33. The number of alkyl halides is 3. The lowest BCUT2D eigenvalue weighted by atomic mass is 10.1. The Morgan fingerprint density at radius 3 is 2.52 bits per heavy atom. The Balaban J connectivity index is 1.73. The summed E-state index contributed by atoms with van der Waals surface area (Å²) in [7, 11) is 1.57. The van der Waals surface area contributed by atoms with Crippen LogP contribution in [-0.4, -0.2) is 89.1 Å². The molecule has 50 heavy (non-hydrogen) atoms. The van der Waals surface area contributed by atoms with Crippen LogP contribution in [-0.2, 0) is 33.5 Å². The van der Waals surface area contributed by atoms with Crippen LogP contribution in [0.15, 0.2) is 51.7 Å². The van der Waals surface area contributed by atoms with Gasteiger partial charge in [0.05, 0.1) is 40.8 Å². The number of aliphatic imine (C=N–C) groups is 1. The van der Waals surface area contributed by atoms with Crippen LogP contribution in [0.3, 0.4) is 0 Å². The first-order valence-electron chi connectivity index (χ1n) is 16.2. The smallest absolute Gasteiger partial charge is 0.401 e. The fourth-order valence-corrected chi connectivity index (χ4v) is 5.73. The van der Waals surface area contributed by atoms with Gasteiger partial charge in [0.2, 0.25) is 5.91 Å². The molecule has 1 aromatic carbocycles. The van der Waals surface area contributed by atoms with Crippen molar-refractivity contribution in [3.05, 3.63) is 74.3 Å². The normalized spacial score (nSPS) is 15.8. The van der Waals surface area contributed by atoms with Crippen LogP contribution in [0, 0.1) is 0 Å². The Bertz CT molecular complexity index is 1780. The number of piperazine rings is 1. The molecule has 2 aliphatic heterocycles. The Morgan fingerprint density at radius 2 is 1.92 bits per heavy atom. The van der Waals surface area contributed by atoms with E-state index in [9.17, 15) is 27.6 Å². The Kier molecular flexibility index (Phi) is 13.2. The molecular formula is C33H41ClF3N9O4. The van der Waals surface area contributed by atoms with Crippen molar-refractivity contribution in [3.8, 4) is 0 Å². The number of halogens is 4. The molecule has 2 aromatic rings. The predicted molar refractivity (Wildman–Crippen MR) is 185 cm³/mol. The average molecular weight is 720 g/mol. The largest absolute Gasteiger partial charge is 0.416 e. The van der Waals surface area contributed by atoms with Crippen molar-refractivity contribution in [2.75, 3.05) is 56.7 Å². The van der Waals surface area contributed by atoms with Crippen LogP contribution in [0.5, 0.6) is 0 Å². The SMILES string of the molecule is CCC/C(N)=C(/C=NC)C(=O)N1CCN(c2c(CC)ncnc(C3=CCOCC3)[nH]n(CC(=O)Nc3ccc(C(F)(F)F)cc3Cl)c2=O)CC1. The molecule has 3 heterocycles. The van der Waals surface area contributed by atoms with E-state index in [1.165, 1.54) is 12.5 Å². The zero-order chi connectivity index (χ0) is 36.4. The first-order chi connectivity index (χ1) is 23.9. The standard InChI is InChI=1S/C33H41ClF3N9O4/c1-4-6-25(38)23(18-39-3)31(48)45-13-11-44(12-14-45)29-26(5-2)40-20-41-30(21-9-15-50-16-10-21)43-46(32(29)49)19-28(47)42-27-8-7-22(17-24(27)34)33(35,36)37/h7-9,17-18,20H,4-6,10-16,19,38H2,1-3H3,(H,42,47)(H,40,41,43)/b25-23+,29-26?,39-18?. The number of amides is 2. The highest BCUT2D eigenvalue weighted by Gasteiger charge is 2.31. The molecule has 0 atom stereocenters. The highest BCUT2D eigenvalue weighted by Crippen LogP contribution is 2.33. The highest BCUT2D eigenvalue weighted by atomic mass is 35.5. The van der Waals surface area contributed by atoms with Crippen molar-refractivity contribution in [2.45, 2.75) is 52.3 Å². The van der Waals surface area contributed by atoms with E-state index in [1.807, 2.05) is 18.7 Å². The van der Waals surface area contributed by atoms with Crippen molar-refractivity contribution in [2.24, 2.45) is 10.7 Å². The van der Waals surface area contributed by atoms with E-state index < -0.39 is 29.8 Å². The van der Waals surface area contributed by atoms with Crippen LogP contribution < -0.4 is 21.5 Å². The van der Waals surface area contributed by atoms with E-state index in [-0.39, 0.29) is 54.3 Å². The Labute approximate surface area is 292 Å². The molecule has 2 amide bonds. The van der Waals surface area contributed by atoms with Crippen molar-refractivity contribution in [1.82, 2.24) is 24.6 Å². The van der Waals surface area contributed by atoms with E-state index in [0.29, 0.717) is 55.5 Å². The minimum absolute atomic E-state index is 0.0577. The molecule has 1 aromatic heterocycles. The number of hydrogen-bond acceptors (Lipinski definition) is 9. The van der Waals surface area contributed by atoms with Crippen LogP contribution in [0.1, 0.15) is 50.2 Å². The third-order valence-electron chi connectivity index (χ3n) is 8.07. The first-order valence-corrected chi connectivity index (χ1v) is 16.6. The molecular weight excluding hydrogens is 679 g/mol. The molecule has 0 bridgehead atoms. The fourth-order valence-electron chi connectivity index (χ4n) is 5.50. The fraction of sp³-hybridized carbons (Fsp3) is 0.455. The van der Waals surface area contributed by atoms with Gasteiger partial charge in [0.15, 0.2) is 0 Å². The van der Waals surface area contributed by atoms with Gasteiger partial charge in [-0.15, -0.1) is 0 Å². The summed E-state index contributed by atoms with van der Waals surface area (Å²) in [6.07, 6.45) is 2.12. The monoisotopic (exact) mass is 719 g/mol. The number of carbonyl (C=O) groups excluding carboxylic acids is 2. The number of allylic oxidation sites excluding steroid dienone is 1. The molecule has 0 aliphatic carbocycles. The summed E-state index contributed by atoms with van der Waals surface area (Å²) in [5, 5.41) is 5.17. The zero-order valence-electron chi connectivity index (χ0n) is 28.1. The third kappa shape index (κ3) is 9.50. The third-order valence-corrected chi connectivity index (χ3v) is 8.39. The second kappa shape index (κ2) is 17.3. The van der Waals surface area contributed by atoms with Crippen molar-refractivity contribution in [3.63, 3.8) is 0 Å². The van der Waals surface area contributed by atoms with Crippen molar-refractivity contribution >= 4 is 46.6 Å². The van der Waals surface area contributed by atoms with Gasteiger partial charge in [0.1, 0.15) is 24.4 Å². The Morgan fingerprint density at radius 1 is 1.18 bits per heavy atom. The maximum Gasteiger partial charge on any atom is 0.416 e. The quantitative estimate of drug-likeness (QED) is 0.244. The number of aryl methyl sites for hydroxylation is 1. The van der Waals surface area contributed by atoms with Gasteiger partial charge in [-0.1, -0.05) is 37.9 Å². The molecule has 0 radical (unpaired) electrons. The molecule has 1 fully saturated rings. The maximum atomic E-state index is 14.5. The van der Waals surface area contributed by atoms with Crippen LogP contribution in [0.2, 0.25) is 5.02 Å². The second-order valence-electron chi connectivity index (χ2n) is 11.5. The minimum atomic E-state index is -4.62. The van der Waals surface area contributed by atoms with Gasteiger partial charge in [-0.25, -0.2) is 14.6 Å². The zero-order valence-corrected chi connectivity index (χ0v) is 28.9. The van der Waals surface area contributed by atoms with Gasteiger partial charge in [-0.05, 0) is 43.0 Å². The second-order valence-corrected chi connectivity index (χ2v) is 11.9. The summed E-state index contributed by atoms with van der Waals surface area (Å²) < 4.78 is 46.0. The number of aromatic amines is 1. The summed E-state index contributed by atoms with van der Waals surface area (Å²) in [5.41, 5.74) is 6.73. The number of H-pyrrole nitrogens is 1. The lowest BCUT2D eigenvalue weighted by molar-refractivity contribution is -0.137. The lowest BCUT2D eigenvalue weighted by Gasteiger charge is -2.36. The number of nitrogens with two attached hydrogens (primary N) is 1. The number of nitrogens with zero attached hydrogens (tertiary/aromatic N) is 6.